The van der Waals surface area contributed by atoms with Crippen LogP contribution in [0, 0.1) is 0 Å². The van der Waals surface area contributed by atoms with E-state index in [1.54, 1.807) is 22.7 Å². The minimum absolute atomic E-state index is 0.112. The van der Waals surface area contributed by atoms with Gasteiger partial charge in [-0.3, -0.25) is 4.79 Å². The maximum atomic E-state index is 12.6. The van der Waals surface area contributed by atoms with Crippen LogP contribution in [0.5, 0.6) is 0 Å². The highest BCUT2D eigenvalue weighted by Crippen LogP contribution is 2.30. The number of piperazine rings is 1. The van der Waals surface area contributed by atoms with Gasteiger partial charge in [0.15, 0.2) is 0 Å². The summed E-state index contributed by atoms with van der Waals surface area (Å²) < 4.78 is 0. The van der Waals surface area contributed by atoms with Crippen molar-refractivity contribution in [2.45, 2.75) is 6.04 Å². The van der Waals surface area contributed by atoms with Gasteiger partial charge in [-0.1, -0.05) is 11.6 Å². The van der Waals surface area contributed by atoms with Gasteiger partial charge in [0.1, 0.15) is 11.9 Å². The van der Waals surface area contributed by atoms with Crippen LogP contribution in [-0.4, -0.2) is 72.1 Å². The summed E-state index contributed by atoms with van der Waals surface area (Å²) in [6.07, 6.45) is 0. The molecule has 29 heavy (non-hydrogen) atoms. The maximum Gasteiger partial charge on any atom is 0.318 e. The SMILES string of the molecule is Nc1cc(N2CCN(C(=O)N[C@H]3CSCCNC3=O)CC2)c2ccc(Cl)cc2n1. The van der Waals surface area contributed by atoms with Crippen molar-refractivity contribution in [3.8, 4) is 0 Å². The Kier molecular flexibility index (Phi) is 5.86. The van der Waals surface area contributed by atoms with E-state index < -0.39 is 6.04 Å². The Bertz CT molecular complexity index is 929. The minimum Gasteiger partial charge on any atom is -0.384 e. The molecule has 154 valence electrons. The summed E-state index contributed by atoms with van der Waals surface area (Å²) in [7, 11) is 0. The van der Waals surface area contributed by atoms with Crippen molar-refractivity contribution < 1.29 is 9.59 Å². The van der Waals surface area contributed by atoms with E-state index in [0.717, 1.165) is 22.3 Å². The molecule has 1 aromatic heterocycles. The highest BCUT2D eigenvalue weighted by Gasteiger charge is 2.27. The molecule has 10 heteroatoms. The van der Waals surface area contributed by atoms with E-state index >= 15 is 0 Å². The molecule has 4 rings (SSSR count). The first-order chi connectivity index (χ1) is 14.0. The number of aromatic nitrogens is 1. The molecule has 3 amide bonds. The first-order valence-electron chi connectivity index (χ1n) is 9.53. The lowest BCUT2D eigenvalue weighted by atomic mass is 10.1. The van der Waals surface area contributed by atoms with Crippen LogP contribution in [0.25, 0.3) is 10.9 Å². The lowest BCUT2D eigenvalue weighted by Crippen LogP contribution is -2.56. The quantitative estimate of drug-likeness (QED) is 0.662. The zero-order valence-corrected chi connectivity index (χ0v) is 17.4. The zero-order chi connectivity index (χ0) is 20.4. The van der Waals surface area contributed by atoms with E-state index in [1.807, 2.05) is 18.2 Å². The van der Waals surface area contributed by atoms with Gasteiger partial charge >= 0.3 is 6.03 Å². The van der Waals surface area contributed by atoms with Gasteiger partial charge in [0.05, 0.1) is 5.52 Å². The lowest BCUT2D eigenvalue weighted by Gasteiger charge is -2.37. The van der Waals surface area contributed by atoms with Crippen LogP contribution in [0.1, 0.15) is 0 Å². The number of amides is 3. The molecule has 2 aliphatic heterocycles. The normalized spacial score (nSPS) is 20.3. The largest absolute Gasteiger partial charge is 0.384 e. The molecule has 1 aromatic carbocycles. The molecule has 2 fully saturated rings. The third-order valence-electron chi connectivity index (χ3n) is 5.12. The number of pyridine rings is 1. The molecule has 2 saturated heterocycles. The lowest BCUT2D eigenvalue weighted by molar-refractivity contribution is -0.122. The molecule has 8 nitrogen and oxygen atoms in total. The number of hydrogen-bond acceptors (Lipinski definition) is 6. The second-order valence-corrected chi connectivity index (χ2v) is 8.66. The molecule has 0 bridgehead atoms. The molecule has 3 heterocycles. The number of thioether (sulfide) groups is 1. The summed E-state index contributed by atoms with van der Waals surface area (Å²) >= 11 is 7.75. The summed E-state index contributed by atoms with van der Waals surface area (Å²) in [6.45, 7) is 3.10. The van der Waals surface area contributed by atoms with Crippen LogP contribution in [0.4, 0.5) is 16.3 Å². The predicted molar refractivity (Wildman–Crippen MR) is 118 cm³/mol. The van der Waals surface area contributed by atoms with Gasteiger partial charge in [-0.25, -0.2) is 9.78 Å². The number of anilines is 2. The van der Waals surface area contributed by atoms with E-state index in [-0.39, 0.29) is 11.9 Å². The molecular formula is C19H23ClN6O2S. The fraction of sp³-hybridized carbons (Fsp3) is 0.421. The van der Waals surface area contributed by atoms with Crippen molar-refractivity contribution in [1.29, 1.82) is 0 Å². The second kappa shape index (κ2) is 8.54. The molecule has 0 aliphatic carbocycles. The Hall–Kier alpha value is -2.39. The summed E-state index contributed by atoms with van der Waals surface area (Å²) in [5, 5.41) is 7.29. The molecule has 1 atom stereocenters. The van der Waals surface area contributed by atoms with Crippen molar-refractivity contribution in [3.05, 3.63) is 29.3 Å². The second-order valence-electron chi connectivity index (χ2n) is 7.07. The summed E-state index contributed by atoms with van der Waals surface area (Å²) in [4.78, 5) is 33.0. The smallest absolute Gasteiger partial charge is 0.318 e. The van der Waals surface area contributed by atoms with Crippen molar-refractivity contribution in [2.24, 2.45) is 0 Å². The Morgan fingerprint density at radius 2 is 2.07 bits per heavy atom. The average molecular weight is 435 g/mol. The van der Waals surface area contributed by atoms with Crippen molar-refractivity contribution in [1.82, 2.24) is 20.5 Å². The van der Waals surface area contributed by atoms with Crippen LogP contribution < -0.4 is 21.3 Å². The highest BCUT2D eigenvalue weighted by atomic mass is 35.5. The van der Waals surface area contributed by atoms with E-state index in [4.69, 9.17) is 17.3 Å². The number of benzene rings is 1. The van der Waals surface area contributed by atoms with Gasteiger partial charge in [-0.2, -0.15) is 11.8 Å². The molecule has 2 aliphatic rings. The number of nitrogen functional groups attached to an aromatic ring is 1. The molecule has 0 radical (unpaired) electrons. The number of urea groups is 1. The van der Waals surface area contributed by atoms with Gasteiger partial charge in [0.25, 0.3) is 0 Å². The molecular weight excluding hydrogens is 412 g/mol. The topological polar surface area (TPSA) is 104 Å². The maximum absolute atomic E-state index is 12.6. The number of carbonyl (C=O) groups excluding carboxylic acids is 2. The molecule has 2 aromatic rings. The van der Waals surface area contributed by atoms with Crippen molar-refractivity contribution in [3.63, 3.8) is 0 Å². The van der Waals surface area contributed by atoms with Crippen LogP contribution >= 0.6 is 23.4 Å². The first-order valence-corrected chi connectivity index (χ1v) is 11.1. The number of rotatable bonds is 2. The van der Waals surface area contributed by atoms with E-state index in [9.17, 15) is 9.59 Å². The molecule has 4 N–H and O–H groups in total. The molecule has 0 spiro atoms. The monoisotopic (exact) mass is 434 g/mol. The highest BCUT2D eigenvalue weighted by molar-refractivity contribution is 7.99. The minimum atomic E-state index is -0.485. The zero-order valence-electron chi connectivity index (χ0n) is 15.9. The number of halogens is 1. The van der Waals surface area contributed by atoms with Gasteiger partial charge in [-0.05, 0) is 18.2 Å². The Balaban J connectivity index is 1.42. The Morgan fingerprint density at radius 1 is 1.28 bits per heavy atom. The number of carbonyl (C=O) groups is 2. The predicted octanol–water partition coefficient (Wildman–Crippen LogP) is 1.53. The van der Waals surface area contributed by atoms with Crippen LogP contribution in [0.15, 0.2) is 24.3 Å². The molecule has 0 unspecified atom stereocenters. The Morgan fingerprint density at radius 3 is 2.86 bits per heavy atom. The van der Waals surface area contributed by atoms with E-state index in [0.29, 0.717) is 49.3 Å². The average Bonchev–Trinajstić information content (AvgIpc) is 2.91. The van der Waals surface area contributed by atoms with E-state index in [2.05, 4.69) is 20.5 Å². The number of nitrogens with one attached hydrogen (secondary N) is 2. The first kappa shape index (κ1) is 19.9. The number of nitrogens with zero attached hydrogens (tertiary/aromatic N) is 3. The molecule has 0 saturated carbocycles. The summed E-state index contributed by atoms with van der Waals surface area (Å²) in [5.74, 6) is 1.79. The van der Waals surface area contributed by atoms with Crippen molar-refractivity contribution >= 4 is 57.7 Å². The summed E-state index contributed by atoms with van der Waals surface area (Å²) in [6, 6.07) is 6.76. The van der Waals surface area contributed by atoms with E-state index in [1.165, 1.54) is 0 Å². The standard InChI is InChI=1S/C19H23ClN6O2S/c20-12-1-2-13-14(9-12)23-17(21)10-16(13)25-4-6-26(7-5-25)19(28)24-15-11-29-8-3-22-18(15)27/h1-2,9-10,15H,3-8,11H2,(H2,21,23)(H,22,27)(H,24,28)/t15-/m0/s1. The van der Waals surface area contributed by atoms with Crippen LogP contribution in [-0.2, 0) is 4.79 Å². The van der Waals surface area contributed by atoms with Gasteiger partial charge < -0.3 is 26.2 Å². The van der Waals surface area contributed by atoms with Gasteiger partial charge in [-0.15, -0.1) is 0 Å². The number of hydrogen-bond donors (Lipinski definition) is 3. The van der Waals surface area contributed by atoms with Gasteiger partial charge in [0, 0.05) is 66.4 Å². The number of nitrogens with two attached hydrogens (primary N) is 1. The summed E-state index contributed by atoms with van der Waals surface area (Å²) in [5.41, 5.74) is 7.74. The van der Waals surface area contributed by atoms with Crippen molar-refractivity contribution in [2.75, 3.05) is 54.9 Å². The Labute approximate surface area is 178 Å². The third kappa shape index (κ3) is 4.45. The van der Waals surface area contributed by atoms with Crippen LogP contribution in [0.3, 0.4) is 0 Å². The number of fused-ring (bicyclic) bond motifs is 1. The van der Waals surface area contributed by atoms with Crippen LogP contribution in [0.2, 0.25) is 5.02 Å². The fourth-order valence-electron chi connectivity index (χ4n) is 3.61. The third-order valence-corrected chi connectivity index (χ3v) is 6.42. The fourth-order valence-corrected chi connectivity index (χ4v) is 4.66. The van der Waals surface area contributed by atoms with Gasteiger partial charge in [0.2, 0.25) is 5.91 Å².